The van der Waals surface area contributed by atoms with Crippen LogP contribution in [0.1, 0.15) is 31.1 Å². The van der Waals surface area contributed by atoms with E-state index in [4.69, 9.17) is 11.6 Å². The SMILES string of the molecule is CN(C)C(=O)c1cc(NC(=O)c2ccc(Cl)cc2)cc(N(O)C(=O)c2ccccc2)c1. The van der Waals surface area contributed by atoms with E-state index in [9.17, 15) is 19.6 Å². The molecule has 7 nitrogen and oxygen atoms in total. The monoisotopic (exact) mass is 437 g/mol. The van der Waals surface area contributed by atoms with Crippen LogP contribution in [0.2, 0.25) is 5.02 Å². The lowest BCUT2D eigenvalue weighted by Gasteiger charge is -2.19. The van der Waals surface area contributed by atoms with Crippen molar-refractivity contribution in [1.82, 2.24) is 4.90 Å². The summed E-state index contributed by atoms with van der Waals surface area (Å²) in [6.07, 6.45) is 0. The molecule has 3 rings (SSSR count). The minimum atomic E-state index is -0.676. The minimum Gasteiger partial charge on any atom is -0.345 e. The molecule has 2 N–H and O–H groups in total. The third-order valence-corrected chi connectivity index (χ3v) is 4.64. The second-order valence-corrected chi connectivity index (χ2v) is 7.35. The zero-order chi connectivity index (χ0) is 22.5. The van der Waals surface area contributed by atoms with Crippen molar-refractivity contribution in [2.75, 3.05) is 24.5 Å². The zero-order valence-corrected chi connectivity index (χ0v) is 17.6. The van der Waals surface area contributed by atoms with Gasteiger partial charge in [-0.05, 0) is 54.6 Å². The molecule has 0 fully saturated rings. The smallest absolute Gasteiger partial charge is 0.281 e. The lowest BCUT2D eigenvalue weighted by atomic mass is 10.1. The average Bonchev–Trinajstić information content (AvgIpc) is 2.78. The molecule has 0 radical (unpaired) electrons. The number of amides is 3. The topological polar surface area (TPSA) is 90.0 Å². The van der Waals surface area contributed by atoms with Crippen molar-refractivity contribution in [3.63, 3.8) is 0 Å². The Morgan fingerprint density at radius 2 is 1.45 bits per heavy atom. The number of nitrogens with one attached hydrogen (secondary N) is 1. The highest BCUT2D eigenvalue weighted by Gasteiger charge is 2.20. The summed E-state index contributed by atoms with van der Waals surface area (Å²) in [4.78, 5) is 39.1. The molecule has 0 saturated heterocycles. The average molecular weight is 438 g/mol. The predicted molar refractivity (Wildman–Crippen MR) is 119 cm³/mol. The normalized spacial score (nSPS) is 10.3. The highest BCUT2D eigenvalue weighted by atomic mass is 35.5. The van der Waals surface area contributed by atoms with E-state index in [1.807, 2.05) is 0 Å². The van der Waals surface area contributed by atoms with Crippen LogP contribution in [-0.4, -0.2) is 41.9 Å². The summed E-state index contributed by atoms with van der Waals surface area (Å²) >= 11 is 5.86. The van der Waals surface area contributed by atoms with Gasteiger partial charge in [-0.25, -0.2) is 0 Å². The van der Waals surface area contributed by atoms with Crippen molar-refractivity contribution in [2.24, 2.45) is 0 Å². The summed E-state index contributed by atoms with van der Waals surface area (Å²) < 4.78 is 0. The number of benzene rings is 3. The summed E-state index contributed by atoms with van der Waals surface area (Å²) in [6, 6.07) is 18.8. The van der Waals surface area contributed by atoms with Crippen molar-refractivity contribution in [3.05, 3.63) is 94.5 Å². The fraction of sp³-hybridized carbons (Fsp3) is 0.0870. The molecule has 0 unspecified atom stereocenters. The number of nitrogens with zero attached hydrogens (tertiary/aromatic N) is 2. The molecule has 0 saturated carbocycles. The molecule has 3 aromatic carbocycles. The van der Waals surface area contributed by atoms with E-state index in [1.165, 1.54) is 23.1 Å². The molecule has 0 spiro atoms. The summed E-state index contributed by atoms with van der Waals surface area (Å²) in [7, 11) is 3.15. The maximum absolute atomic E-state index is 12.6. The molecule has 0 aliphatic heterocycles. The molecular weight excluding hydrogens is 418 g/mol. The van der Waals surface area contributed by atoms with Gasteiger partial charge in [0.05, 0.1) is 5.69 Å². The van der Waals surface area contributed by atoms with E-state index in [1.54, 1.807) is 68.7 Å². The van der Waals surface area contributed by atoms with Crippen molar-refractivity contribution in [3.8, 4) is 0 Å². The molecule has 0 atom stereocenters. The van der Waals surface area contributed by atoms with Gasteiger partial charge in [0.1, 0.15) is 0 Å². The number of carbonyl (C=O) groups excluding carboxylic acids is 3. The summed E-state index contributed by atoms with van der Waals surface area (Å²) in [5, 5.41) is 14.1. The maximum atomic E-state index is 12.6. The first-order chi connectivity index (χ1) is 14.8. The van der Waals surface area contributed by atoms with Crippen LogP contribution in [0.15, 0.2) is 72.8 Å². The Labute approximate surface area is 184 Å². The van der Waals surface area contributed by atoms with E-state index in [0.717, 1.165) is 0 Å². The van der Waals surface area contributed by atoms with Gasteiger partial charge in [0.15, 0.2) is 0 Å². The van der Waals surface area contributed by atoms with Gasteiger partial charge < -0.3 is 10.2 Å². The fourth-order valence-corrected chi connectivity index (χ4v) is 2.94. The molecule has 0 aliphatic rings. The minimum absolute atomic E-state index is 0.0351. The molecular formula is C23H20ClN3O4. The van der Waals surface area contributed by atoms with Crippen molar-refractivity contribution in [2.45, 2.75) is 0 Å². The number of halogens is 1. The zero-order valence-electron chi connectivity index (χ0n) is 16.9. The lowest BCUT2D eigenvalue weighted by Crippen LogP contribution is -2.28. The van der Waals surface area contributed by atoms with Crippen molar-refractivity contribution >= 4 is 40.7 Å². The van der Waals surface area contributed by atoms with E-state index in [0.29, 0.717) is 15.6 Å². The van der Waals surface area contributed by atoms with E-state index < -0.39 is 11.8 Å². The first kappa shape index (κ1) is 22.0. The molecule has 0 aromatic heterocycles. The molecule has 31 heavy (non-hydrogen) atoms. The highest BCUT2D eigenvalue weighted by molar-refractivity contribution is 6.30. The molecule has 3 aromatic rings. The van der Waals surface area contributed by atoms with Gasteiger partial charge >= 0.3 is 0 Å². The maximum Gasteiger partial charge on any atom is 0.281 e. The first-order valence-electron chi connectivity index (χ1n) is 9.28. The Kier molecular flexibility index (Phi) is 6.69. The Morgan fingerprint density at radius 3 is 2.06 bits per heavy atom. The summed E-state index contributed by atoms with van der Waals surface area (Å²) in [5.74, 6) is -1.47. The second kappa shape index (κ2) is 9.42. The van der Waals surface area contributed by atoms with E-state index >= 15 is 0 Å². The van der Waals surface area contributed by atoms with Crippen LogP contribution in [0.5, 0.6) is 0 Å². The number of hydrogen-bond acceptors (Lipinski definition) is 4. The van der Waals surface area contributed by atoms with Gasteiger partial charge in [0, 0.05) is 41.5 Å². The second-order valence-electron chi connectivity index (χ2n) is 6.91. The van der Waals surface area contributed by atoms with Crippen LogP contribution in [0.25, 0.3) is 0 Å². The van der Waals surface area contributed by atoms with Crippen molar-refractivity contribution in [1.29, 1.82) is 0 Å². The molecule has 3 amide bonds. The third-order valence-electron chi connectivity index (χ3n) is 4.39. The fourth-order valence-electron chi connectivity index (χ4n) is 2.81. The van der Waals surface area contributed by atoms with Gasteiger partial charge in [-0.3, -0.25) is 19.6 Å². The Balaban J connectivity index is 1.96. The summed E-state index contributed by atoms with van der Waals surface area (Å²) in [5.41, 5.74) is 1.09. The first-order valence-corrected chi connectivity index (χ1v) is 9.66. The van der Waals surface area contributed by atoms with Gasteiger partial charge in [-0.15, -0.1) is 0 Å². The third kappa shape index (κ3) is 5.28. The van der Waals surface area contributed by atoms with Crippen LogP contribution in [0, 0.1) is 0 Å². The van der Waals surface area contributed by atoms with Crippen LogP contribution < -0.4 is 10.4 Å². The van der Waals surface area contributed by atoms with E-state index in [-0.39, 0.29) is 28.4 Å². The lowest BCUT2D eigenvalue weighted by molar-refractivity contribution is 0.0822. The number of hydrogen-bond donors (Lipinski definition) is 2. The predicted octanol–water partition coefficient (Wildman–Crippen LogP) is 4.33. The number of anilines is 2. The van der Waals surface area contributed by atoms with E-state index in [2.05, 4.69) is 5.32 Å². The van der Waals surface area contributed by atoms with Crippen LogP contribution in [-0.2, 0) is 0 Å². The standard InChI is InChI=1S/C23H20ClN3O4/c1-26(2)22(29)17-12-19(25-21(28)15-8-10-18(24)11-9-15)14-20(13-17)27(31)23(30)16-6-4-3-5-7-16/h3-14,31H,1-2H3,(H,25,28). The van der Waals surface area contributed by atoms with Crippen LogP contribution >= 0.6 is 11.6 Å². The quantitative estimate of drug-likeness (QED) is 0.459. The molecule has 0 bridgehead atoms. The molecule has 0 heterocycles. The van der Waals surface area contributed by atoms with Gasteiger partial charge in [-0.1, -0.05) is 29.8 Å². The highest BCUT2D eigenvalue weighted by Crippen LogP contribution is 2.25. The molecule has 8 heteroatoms. The van der Waals surface area contributed by atoms with Crippen LogP contribution in [0.4, 0.5) is 11.4 Å². The van der Waals surface area contributed by atoms with Crippen molar-refractivity contribution < 1.29 is 19.6 Å². The number of rotatable bonds is 5. The largest absolute Gasteiger partial charge is 0.345 e. The Bertz CT molecular complexity index is 1120. The van der Waals surface area contributed by atoms with Crippen LogP contribution in [0.3, 0.4) is 0 Å². The van der Waals surface area contributed by atoms with Gasteiger partial charge in [-0.2, -0.15) is 5.06 Å². The number of carbonyl (C=O) groups is 3. The Morgan fingerprint density at radius 1 is 0.806 bits per heavy atom. The van der Waals surface area contributed by atoms with Gasteiger partial charge in [0.25, 0.3) is 17.7 Å². The molecule has 158 valence electrons. The molecule has 0 aliphatic carbocycles. The summed E-state index contributed by atoms with van der Waals surface area (Å²) in [6.45, 7) is 0. The van der Waals surface area contributed by atoms with Gasteiger partial charge in [0.2, 0.25) is 0 Å². The number of hydroxylamine groups is 1. The Hall–Kier alpha value is -3.68.